The minimum atomic E-state index is -3.64. The summed E-state index contributed by atoms with van der Waals surface area (Å²) in [5, 5.41) is 0.0301. The number of hydrogen-bond donors (Lipinski definition) is 1. The molecule has 1 aromatic rings. The van der Waals surface area contributed by atoms with E-state index in [1.54, 1.807) is 11.5 Å². The van der Waals surface area contributed by atoms with E-state index >= 15 is 0 Å². The molecule has 0 spiro atoms. The first-order valence-corrected chi connectivity index (χ1v) is 8.07. The number of imidazole rings is 1. The van der Waals surface area contributed by atoms with Gasteiger partial charge in [0.05, 0.1) is 6.61 Å². The van der Waals surface area contributed by atoms with Crippen LogP contribution in [0.4, 0.5) is 0 Å². The molecule has 0 radical (unpaired) electrons. The van der Waals surface area contributed by atoms with E-state index in [9.17, 15) is 8.42 Å². The molecular weight excluding hydrogens is 290 g/mol. The molecule has 0 saturated carbocycles. The van der Waals surface area contributed by atoms with Crippen LogP contribution in [0.25, 0.3) is 0 Å². The minimum absolute atomic E-state index is 0.0301. The number of nitrogens with zero attached hydrogens (tertiary/aromatic N) is 2. The lowest BCUT2D eigenvalue weighted by molar-refractivity contribution is 0.173. The number of alkyl halides is 1. The van der Waals surface area contributed by atoms with Crippen molar-refractivity contribution in [2.24, 2.45) is 0 Å². The number of sulfonamides is 1. The highest BCUT2D eigenvalue weighted by atomic mass is 35.5. The summed E-state index contributed by atoms with van der Waals surface area (Å²) in [6.07, 6.45) is 2.03. The van der Waals surface area contributed by atoms with E-state index < -0.39 is 10.0 Å². The van der Waals surface area contributed by atoms with Crippen LogP contribution >= 0.6 is 11.6 Å². The van der Waals surface area contributed by atoms with E-state index in [0.717, 1.165) is 0 Å². The Hall–Kier alpha value is -0.630. The van der Waals surface area contributed by atoms with Crippen molar-refractivity contribution < 1.29 is 13.2 Å². The molecule has 0 aliphatic rings. The van der Waals surface area contributed by atoms with Gasteiger partial charge in [-0.05, 0) is 20.3 Å². The zero-order valence-electron chi connectivity index (χ0n) is 11.4. The van der Waals surface area contributed by atoms with Crippen molar-refractivity contribution in [3.8, 4) is 0 Å². The molecule has 1 N–H and O–H groups in total. The quantitative estimate of drug-likeness (QED) is 0.731. The van der Waals surface area contributed by atoms with Gasteiger partial charge in [-0.2, -0.15) is 0 Å². The van der Waals surface area contributed by atoms with Gasteiger partial charge >= 0.3 is 0 Å². The normalized spacial score (nSPS) is 13.7. The summed E-state index contributed by atoms with van der Waals surface area (Å²) in [5.74, 6) is 1.03. The van der Waals surface area contributed by atoms with E-state index in [2.05, 4.69) is 9.71 Å². The fraction of sp³-hybridized carbons (Fsp3) is 0.727. The van der Waals surface area contributed by atoms with Gasteiger partial charge in [-0.1, -0.05) is 0 Å². The predicted molar refractivity (Wildman–Crippen MR) is 74.0 cm³/mol. The summed E-state index contributed by atoms with van der Waals surface area (Å²) in [6, 6.07) is -0.348. The SMILES string of the molecule is CCn1cc(S(=O)(=O)NC(CCCl)COC)nc1C. The number of rotatable bonds is 8. The van der Waals surface area contributed by atoms with Crippen molar-refractivity contribution in [3.05, 3.63) is 12.0 Å². The maximum atomic E-state index is 12.2. The lowest BCUT2D eigenvalue weighted by atomic mass is 10.3. The number of halogens is 1. The van der Waals surface area contributed by atoms with Gasteiger partial charge in [-0.15, -0.1) is 11.6 Å². The van der Waals surface area contributed by atoms with Crippen molar-refractivity contribution in [2.45, 2.75) is 37.9 Å². The average Bonchev–Trinajstić information content (AvgIpc) is 2.71. The maximum Gasteiger partial charge on any atom is 0.259 e. The second kappa shape index (κ2) is 7.23. The van der Waals surface area contributed by atoms with E-state index in [1.165, 1.54) is 13.3 Å². The molecule has 8 heteroatoms. The Labute approximate surface area is 119 Å². The second-order valence-electron chi connectivity index (χ2n) is 4.16. The summed E-state index contributed by atoms with van der Waals surface area (Å²) >= 11 is 5.65. The predicted octanol–water partition coefficient (Wildman–Crippen LogP) is 1.13. The van der Waals surface area contributed by atoms with Crippen molar-refractivity contribution in [1.82, 2.24) is 14.3 Å². The smallest absolute Gasteiger partial charge is 0.259 e. The average molecular weight is 310 g/mol. The summed E-state index contributed by atoms with van der Waals surface area (Å²) in [5.41, 5.74) is 0. The first-order chi connectivity index (χ1) is 8.94. The Bertz CT molecular complexity index is 495. The third-order valence-corrected chi connectivity index (χ3v) is 4.33. The number of nitrogens with one attached hydrogen (secondary N) is 1. The highest BCUT2D eigenvalue weighted by Crippen LogP contribution is 2.10. The van der Waals surface area contributed by atoms with Crippen LogP contribution in [0.2, 0.25) is 0 Å². The Morgan fingerprint density at radius 2 is 2.26 bits per heavy atom. The van der Waals surface area contributed by atoms with Crippen LogP contribution in [0.3, 0.4) is 0 Å². The molecule has 1 rings (SSSR count). The molecule has 1 unspecified atom stereocenters. The second-order valence-corrected chi connectivity index (χ2v) is 6.20. The van der Waals surface area contributed by atoms with Gasteiger partial charge in [0.1, 0.15) is 5.82 Å². The highest BCUT2D eigenvalue weighted by molar-refractivity contribution is 7.89. The fourth-order valence-corrected chi connectivity index (χ4v) is 3.25. The van der Waals surface area contributed by atoms with Gasteiger partial charge in [-0.25, -0.2) is 18.1 Å². The van der Waals surface area contributed by atoms with E-state index in [0.29, 0.717) is 24.7 Å². The molecule has 19 heavy (non-hydrogen) atoms. The standard InChI is InChI=1S/C11H20ClN3O3S/c1-4-15-7-11(13-9(15)2)19(16,17)14-10(5-6-12)8-18-3/h7,10,14H,4-6,8H2,1-3H3. The van der Waals surface area contributed by atoms with Crippen molar-refractivity contribution in [2.75, 3.05) is 19.6 Å². The van der Waals surface area contributed by atoms with Crippen LogP contribution in [0.15, 0.2) is 11.2 Å². The molecule has 6 nitrogen and oxygen atoms in total. The van der Waals surface area contributed by atoms with E-state index in [4.69, 9.17) is 16.3 Å². The van der Waals surface area contributed by atoms with Gasteiger partial charge in [-0.3, -0.25) is 0 Å². The third kappa shape index (κ3) is 4.45. The van der Waals surface area contributed by atoms with Crippen LogP contribution in [-0.2, 0) is 21.3 Å². The number of hydrogen-bond acceptors (Lipinski definition) is 4. The molecule has 110 valence electrons. The molecule has 1 heterocycles. The number of aromatic nitrogens is 2. The summed E-state index contributed by atoms with van der Waals surface area (Å²) in [4.78, 5) is 4.07. The first-order valence-electron chi connectivity index (χ1n) is 6.05. The molecule has 1 atom stereocenters. The zero-order chi connectivity index (χ0) is 14.5. The van der Waals surface area contributed by atoms with E-state index in [1.807, 2.05) is 6.92 Å². The molecule has 0 aliphatic carbocycles. The Morgan fingerprint density at radius 3 is 2.74 bits per heavy atom. The Morgan fingerprint density at radius 1 is 1.58 bits per heavy atom. The van der Waals surface area contributed by atoms with E-state index in [-0.39, 0.29) is 17.7 Å². The monoisotopic (exact) mass is 309 g/mol. The largest absolute Gasteiger partial charge is 0.383 e. The molecule has 0 aliphatic heterocycles. The molecule has 0 saturated heterocycles. The molecular formula is C11H20ClN3O3S. The highest BCUT2D eigenvalue weighted by Gasteiger charge is 2.23. The third-order valence-electron chi connectivity index (χ3n) is 2.72. The number of aryl methyl sites for hydroxylation is 2. The van der Waals surface area contributed by atoms with Crippen molar-refractivity contribution in [1.29, 1.82) is 0 Å². The molecule has 1 aromatic heterocycles. The van der Waals surface area contributed by atoms with Gasteiger partial charge < -0.3 is 9.30 Å². The van der Waals surface area contributed by atoms with Gasteiger partial charge in [0.15, 0.2) is 5.03 Å². The Kier molecular flexibility index (Phi) is 6.25. The summed E-state index contributed by atoms with van der Waals surface area (Å²) in [7, 11) is -2.12. The van der Waals surface area contributed by atoms with Crippen molar-refractivity contribution in [3.63, 3.8) is 0 Å². The summed E-state index contributed by atoms with van der Waals surface area (Å²) in [6.45, 7) is 4.66. The summed E-state index contributed by atoms with van der Waals surface area (Å²) < 4.78 is 33.7. The van der Waals surface area contributed by atoms with Gasteiger partial charge in [0.2, 0.25) is 0 Å². The number of methoxy groups -OCH3 is 1. The minimum Gasteiger partial charge on any atom is -0.383 e. The van der Waals surface area contributed by atoms with Crippen LogP contribution in [0, 0.1) is 6.92 Å². The Balaban J connectivity index is 2.89. The number of ether oxygens (including phenoxy) is 1. The van der Waals surface area contributed by atoms with Crippen LogP contribution in [0.1, 0.15) is 19.2 Å². The van der Waals surface area contributed by atoms with Gasteiger partial charge in [0, 0.05) is 31.8 Å². The van der Waals surface area contributed by atoms with Crippen molar-refractivity contribution >= 4 is 21.6 Å². The van der Waals surface area contributed by atoms with Crippen LogP contribution in [-0.4, -0.2) is 43.6 Å². The lowest BCUT2D eigenvalue weighted by Crippen LogP contribution is -2.38. The first kappa shape index (κ1) is 16.4. The molecule has 0 fully saturated rings. The van der Waals surface area contributed by atoms with Crippen LogP contribution < -0.4 is 4.72 Å². The fourth-order valence-electron chi connectivity index (χ4n) is 1.72. The zero-order valence-corrected chi connectivity index (χ0v) is 13.0. The topological polar surface area (TPSA) is 73.2 Å². The molecule has 0 bridgehead atoms. The van der Waals surface area contributed by atoms with Gasteiger partial charge in [0.25, 0.3) is 10.0 Å². The lowest BCUT2D eigenvalue weighted by Gasteiger charge is -2.15. The maximum absolute atomic E-state index is 12.2. The molecule has 0 amide bonds. The van der Waals surface area contributed by atoms with Crippen LogP contribution in [0.5, 0.6) is 0 Å². The molecule has 0 aromatic carbocycles.